The maximum absolute atomic E-state index is 10.2. The van der Waals surface area contributed by atoms with Gasteiger partial charge in [0.2, 0.25) is 0 Å². The van der Waals surface area contributed by atoms with Crippen LogP contribution in [0.15, 0.2) is 60.7 Å². The van der Waals surface area contributed by atoms with Gasteiger partial charge in [0.1, 0.15) is 24.4 Å². The average Bonchev–Trinajstić information content (AvgIpc) is 2.70. The Kier molecular flexibility index (Phi) is 8.70. The van der Waals surface area contributed by atoms with Crippen molar-refractivity contribution in [3.8, 4) is 0 Å². The third kappa shape index (κ3) is 6.17. The minimum atomic E-state index is -1.26. The van der Waals surface area contributed by atoms with Gasteiger partial charge in [0.15, 0.2) is 0 Å². The number of hydrogen-bond donors (Lipinski definition) is 4. The van der Waals surface area contributed by atoms with Crippen molar-refractivity contribution < 1.29 is 29.9 Å². The van der Waals surface area contributed by atoms with Crippen LogP contribution in [0, 0.1) is 0 Å². The molecule has 2 rings (SSSR count). The van der Waals surface area contributed by atoms with Crippen molar-refractivity contribution in [2.45, 2.75) is 37.6 Å². The van der Waals surface area contributed by atoms with Crippen LogP contribution in [0.1, 0.15) is 11.1 Å². The van der Waals surface area contributed by atoms with Crippen LogP contribution >= 0.6 is 0 Å². The molecule has 0 amide bonds. The molecule has 0 aliphatic carbocycles. The first kappa shape index (κ1) is 20.5. The van der Waals surface area contributed by atoms with Crippen LogP contribution in [0.25, 0.3) is 0 Å². The van der Waals surface area contributed by atoms with Crippen LogP contribution in [0.4, 0.5) is 0 Å². The zero-order valence-electron chi connectivity index (χ0n) is 14.5. The minimum absolute atomic E-state index is 0.173. The molecular formula is C20H26O6. The highest BCUT2D eigenvalue weighted by atomic mass is 16.6. The standard InChI is InChI=1S/C20H26O6/c21-11-17(23)19(25-13-15-7-3-1-4-8-15)20(18(24)12-22)26-14-16-9-5-2-6-10-16/h1-10,17-24H,11-14H2. The van der Waals surface area contributed by atoms with Gasteiger partial charge < -0.3 is 29.9 Å². The second kappa shape index (κ2) is 11.0. The molecule has 6 nitrogen and oxygen atoms in total. The second-order valence-electron chi connectivity index (χ2n) is 6.02. The summed E-state index contributed by atoms with van der Waals surface area (Å²) in [5.41, 5.74) is 1.76. The summed E-state index contributed by atoms with van der Waals surface area (Å²) in [6.45, 7) is -0.760. The minimum Gasteiger partial charge on any atom is -0.394 e. The van der Waals surface area contributed by atoms with Crippen LogP contribution in [0.5, 0.6) is 0 Å². The molecule has 4 N–H and O–H groups in total. The molecular weight excluding hydrogens is 336 g/mol. The van der Waals surface area contributed by atoms with Crippen LogP contribution in [-0.2, 0) is 22.7 Å². The first-order valence-electron chi connectivity index (χ1n) is 8.54. The van der Waals surface area contributed by atoms with E-state index >= 15 is 0 Å². The van der Waals surface area contributed by atoms with Gasteiger partial charge in [-0.2, -0.15) is 0 Å². The molecule has 0 spiro atoms. The summed E-state index contributed by atoms with van der Waals surface area (Å²) < 4.78 is 11.5. The van der Waals surface area contributed by atoms with Gasteiger partial charge in [-0.25, -0.2) is 0 Å². The molecule has 6 heteroatoms. The van der Waals surface area contributed by atoms with Gasteiger partial charge >= 0.3 is 0 Å². The van der Waals surface area contributed by atoms with Crippen molar-refractivity contribution in [3.63, 3.8) is 0 Å². The van der Waals surface area contributed by atoms with Gasteiger partial charge in [-0.15, -0.1) is 0 Å². The summed E-state index contributed by atoms with van der Waals surface area (Å²) in [6, 6.07) is 18.7. The van der Waals surface area contributed by atoms with Gasteiger partial charge in [0.05, 0.1) is 26.4 Å². The highest BCUT2D eigenvalue weighted by Crippen LogP contribution is 2.18. The average molecular weight is 362 g/mol. The molecule has 0 radical (unpaired) electrons. The molecule has 0 heterocycles. The summed E-state index contributed by atoms with van der Waals surface area (Å²) in [5, 5.41) is 39.0. The molecule has 142 valence electrons. The number of aliphatic hydroxyl groups is 4. The second-order valence-corrected chi connectivity index (χ2v) is 6.02. The van der Waals surface area contributed by atoms with E-state index in [9.17, 15) is 20.4 Å². The van der Waals surface area contributed by atoms with Gasteiger partial charge in [-0.1, -0.05) is 60.7 Å². The first-order chi connectivity index (χ1) is 12.7. The number of aliphatic hydroxyl groups excluding tert-OH is 4. The molecule has 26 heavy (non-hydrogen) atoms. The lowest BCUT2D eigenvalue weighted by molar-refractivity contribution is -0.177. The van der Waals surface area contributed by atoms with Gasteiger partial charge in [-0.3, -0.25) is 0 Å². The predicted molar refractivity (Wildman–Crippen MR) is 96.2 cm³/mol. The number of ether oxygens (including phenoxy) is 2. The third-order valence-electron chi connectivity index (χ3n) is 4.03. The van der Waals surface area contributed by atoms with Crippen LogP contribution < -0.4 is 0 Å². The Labute approximate surface area is 153 Å². The van der Waals surface area contributed by atoms with Crippen molar-refractivity contribution in [3.05, 3.63) is 71.8 Å². The van der Waals surface area contributed by atoms with Gasteiger partial charge in [0.25, 0.3) is 0 Å². The highest BCUT2D eigenvalue weighted by molar-refractivity contribution is 5.14. The van der Waals surface area contributed by atoms with E-state index in [4.69, 9.17) is 9.47 Å². The molecule has 4 atom stereocenters. The summed E-state index contributed by atoms with van der Waals surface area (Å²) in [6.07, 6.45) is -4.54. The molecule has 4 unspecified atom stereocenters. The van der Waals surface area contributed by atoms with Crippen molar-refractivity contribution in [2.75, 3.05) is 13.2 Å². The maximum atomic E-state index is 10.2. The number of rotatable bonds is 11. The summed E-state index contributed by atoms with van der Waals surface area (Å²) in [4.78, 5) is 0. The molecule has 2 aromatic rings. The Balaban J connectivity index is 2.09. The van der Waals surface area contributed by atoms with E-state index in [0.717, 1.165) is 11.1 Å². The van der Waals surface area contributed by atoms with E-state index in [1.807, 2.05) is 60.7 Å². The molecule has 0 fully saturated rings. The zero-order valence-corrected chi connectivity index (χ0v) is 14.5. The lowest BCUT2D eigenvalue weighted by atomic mass is 10.0. The molecule has 0 bridgehead atoms. The lowest BCUT2D eigenvalue weighted by Gasteiger charge is -2.32. The van der Waals surface area contributed by atoms with Crippen molar-refractivity contribution in [2.24, 2.45) is 0 Å². The summed E-state index contributed by atoms with van der Waals surface area (Å²) in [7, 11) is 0. The van der Waals surface area contributed by atoms with E-state index < -0.39 is 37.6 Å². The Morgan fingerprint density at radius 2 is 0.962 bits per heavy atom. The fourth-order valence-electron chi connectivity index (χ4n) is 2.59. The molecule has 0 aromatic heterocycles. The van der Waals surface area contributed by atoms with E-state index in [1.54, 1.807) is 0 Å². The fraction of sp³-hybridized carbons (Fsp3) is 0.400. The topological polar surface area (TPSA) is 99.4 Å². The van der Waals surface area contributed by atoms with Crippen molar-refractivity contribution in [1.82, 2.24) is 0 Å². The molecule has 0 aliphatic heterocycles. The normalized spacial score (nSPS) is 16.0. The SMILES string of the molecule is OCC(O)C(OCc1ccccc1)C(OCc1ccccc1)C(O)CO. The van der Waals surface area contributed by atoms with E-state index in [1.165, 1.54) is 0 Å². The summed E-state index contributed by atoms with van der Waals surface area (Å²) >= 11 is 0. The van der Waals surface area contributed by atoms with Crippen molar-refractivity contribution >= 4 is 0 Å². The molecule has 2 aromatic carbocycles. The monoisotopic (exact) mass is 362 g/mol. The Hall–Kier alpha value is -1.80. The number of benzene rings is 2. The van der Waals surface area contributed by atoms with E-state index in [-0.39, 0.29) is 13.2 Å². The fourth-order valence-corrected chi connectivity index (χ4v) is 2.59. The van der Waals surface area contributed by atoms with E-state index in [2.05, 4.69) is 0 Å². The Morgan fingerprint density at radius 1 is 0.615 bits per heavy atom. The van der Waals surface area contributed by atoms with E-state index in [0.29, 0.717) is 0 Å². The third-order valence-corrected chi connectivity index (χ3v) is 4.03. The van der Waals surface area contributed by atoms with Crippen LogP contribution in [0.3, 0.4) is 0 Å². The molecule has 0 aliphatic rings. The smallest absolute Gasteiger partial charge is 0.115 e. The van der Waals surface area contributed by atoms with Gasteiger partial charge in [-0.05, 0) is 11.1 Å². The lowest BCUT2D eigenvalue weighted by Crippen LogP contribution is -2.50. The molecule has 0 saturated carbocycles. The molecule has 0 saturated heterocycles. The van der Waals surface area contributed by atoms with Crippen LogP contribution in [-0.4, -0.2) is 58.1 Å². The maximum Gasteiger partial charge on any atom is 0.115 e. The van der Waals surface area contributed by atoms with Crippen molar-refractivity contribution in [1.29, 1.82) is 0 Å². The Bertz CT molecular complexity index is 551. The first-order valence-corrected chi connectivity index (χ1v) is 8.54. The van der Waals surface area contributed by atoms with Crippen LogP contribution in [0.2, 0.25) is 0 Å². The highest BCUT2D eigenvalue weighted by Gasteiger charge is 2.35. The quantitative estimate of drug-likeness (QED) is 0.473. The summed E-state index contributed by atoms with van der Waals surface area (Å²) in [5.74, 6) is 0. The number of hydrogen-bond acceptors (Lipinski definition) is 6. The van der Waals surface area contributed by atoms with Gasteiger partial charge in [0, 0.05) is 0 Å². The largest absolute Gasteiger partial charge is 0.394 e. The predicted octanol–water partition coefficient (Wildman–Crippen LogP) is 0.864. The Morgan fingerprint density at radius 3 is 1.27 bits per heavy atom. The zero-order chi connectivity index (χ0) is 18.8.